The highest BCUT2D eigenvalue weighted by molar-refractivity contribution is 5.76. The molecule has 0 unspecified atom stereocenters. The quantitative estimate of drug-likeness (QED) is 0.771. The Labute approximate surface area is 173 Å². The van der Waals surface area contributed by atoms with Crippen LogP contribution in [0.2, 0.25) is 0 Å². The fourth-order valence-corrected chi connectivity index (χ4v) is 3.39. The van der Waals surface area contributed by atoms with Crippen LogP contribution >= 0.6 is 0 Å². The number of amides is 1. The third-order valence-electron chi connectivity index (χ3n) is 4.82. The molecule has 0 aliphatic carbocycles. The van der Waals surface area contributed by atoms with E-state index in [1.54, 1.807) is 7.11 Å². The van der Waals surface area contributed by atoms with Gasteiger partial charge in [0, 0.05) is 55.6 Å². The van der Waals surface area contributed by atoms with E-state index in [0.717, 1.165) is 11.8 Å². The summed E-state index contributed by atoms with van der Waals surface area (Å²) in [5, 5.41) is 2.10. The molecule has 162 valence electrons. The number of ether oxygens (including phenoxy) is 2. The number of hydrogen-bond acceptors (Lipinski definition) is 5. The van der Waals surface area contributed by atoms with E-state index in [4.69, 9.17) is 9.47 Å². The minimum Gasteiger partial charge on any atom is -0.497 e. The Morgan fingerprint density at radius 2 is 2.20 bits per heavy atom. The summed E-state index contributed by atoms with van der Waals surface area (Å²) >= 11 is 0. The molecule has 0 saturated carbocycles. The highest BCUT2D eigenvalue weighted by Crippen LogP contribution is 2.32. The van der Waals surface area contributed by atoms with Crippen molar-refractivity contribution < 1.29 is 27.4 Å². The van der Waals surface area contributed by atoms with Gasteiger partial charge in [-0.15, -0.1) is 0 Å². The van der Waals surface area contributed by atoms with Crippen LogP contribution in [0.3, 0.4) is 0 Å². The van der Waals surface area contributed by atoms with Gasteiger partial charge in [0.15, 0.2) is 6.04 Å². The predicted molar refractivity (Wildman–Crippen MR) is 104 cm³/mol. The summed E-state index contributed by atoms with van der Waals surface area (Å²) in [6.07, 6.45) is -2.32. The topological polar surface area (TPSA) is 63.7 Å². The van der Waals surface area contributed by atoms with Crippen LogP contribution in [0, 0.1) is 0 Å². The molecule has 1 amide bonds. The number of halogens is 3. The summed E-state index contributed by atoms with van der Waals surface area (Å²) < 4.78 is 51.4. The first-order chi connectivity index (χ1) is 14.3. The SMILES string of the molecule is COc1ccc2c(c1)O[C@H](C)CN(CCC(=O)N[C@H](c1cccnc1)C(F)(F)F)C2. The van der Waals surface area contributed by atoms with Crippen molar-refractivity contribution in [2.75, 3.05) is 20.2 Å². The first-order valence-corrected chi connectivity index (χ1v) is 9.58. The summed E-state index contributed by atoms with van der Waals surface area (Å²) in [6.45, 7) is 3.30. The molecular formula is C21H24F3N3O3. The second-order valence-electron chi connectivity index (χ2n) is 7.22. The Hall–Kier alpha value is -2.81. The highest BCUT2D eigenvalue weighted by atomic mass is 19.4. The maximum absolute atomic E-state index is 13.4. The van der Waals surface area contributed by atoms with Crippen molar-refractivity contribution in [1.82, 2.24) is 15.2 Å². The molecule has 0 fully saturated rings. The minimum absolute atomic E-state index is 0.0644. The Morgan fingerprint density at radius 1 is 1.40 bits per heavy atom. The number of nitrogens with zero attached hydrogens (tertiary/aromatic N) is 2. The largest absolute Gasteiger partial charge is 0.497 e. The van der Waals surface area contributed by atoms with Crippen LogP contribution in [-0.2, 0) is 11.3 Å². The van der Waals surface area contributed by atoms with Crippen LogP contribution in [-0.4, -0.2) is 48.3 Å². The zero-order valence-corrected chi connectivity index (χ0v) is 16.8. The molecule has 6 nitrogen and oxygen atoms in total. The molecule has 9 heteroatoms. The lowest BCUT2D eigenvalue weighted by Crippen LogP contribution is -2.40. The fraction of sp³-hybridized carbons (Fsp3) is 0.429. The van der Waals surface area contributed by atoms with Crippen molar-refractivity contribution in [2.24, 2.45) is 0 Å². The highest BCUT2D eigenvalue weighted by Gasteiger charge is 2.42. The van der Waals surface area contributed by atoms with Crippen LogP contribution in [0.1, 0.15) is 30.5 Å². The van der Waals surface area contributed by atoms with Gasteiger partial charge in [0.05, 0.1) is 7.11 Å². The number of benzene rings is 1. The van der Waals surface area contributed by atoms with Gasteiger partial charge in [-0.05, 0) is 19.1 Å². The van der Waals surface area contributed by atoms with Gasteiger partial charge in [-0.2, -0.15) is 13.2 Å². The number of nitrogens with one attached hydrogen (secondary N) is 1. The van der Waals surface area contributed by atoms with Crippen molar-refractivity contribution >= 4 is 5.91 Å². The van der Waals surface area contributed by atoms with Gasteiger partial charge in [-0.25, -0.2) is 0 Å². The molecule has 1 aromatic carbocycles. The number of fused-ring (bicyclic) bond motifs is 1. The maximum atomic E-state index is 13.4. The lowest BCUT2D eigenvalue weighted by molar-refractivity contribution is -0.163. The number of hydrogen-bond donors (Lipinski definition) is 1. The van der Waals surface area contributed by atoms with E-state index >= 15 is 0 Å². The van der Waals surface area contributed by atoms with Crippen molar-refractivity contribution in [3.63, 3.8) is 0 Å². The van der Waals surface area contributed by atoms with E-state index in [0.29, 0.717) is 31.1 Å². The van der Waals surface area contributed by atoms with Gasteiger partial charge >= 0.3 is 6.18 Å². The number of rotatable bonds is 6. The van der Waals surface area contributed by atoms with Gasteiger partial charge in [0.1, 0.15) is 17.6 Å². The van der Waals surface area contributed by atoms with Gasteiger partial charge in [-0.1, -0.05) is 12.1 Å². The maximum Gasteiger partial charge on any atom is 0.412 e. The minimum atomic E-state index is -4.61. The van der Waals surface area contributed by atoms with Crippen LogP contribution in [0.15, 0.2) is 42.7 Å². The normalized spacial score (nSPS) is 18.0. The molecule has 1 N–H and O–H groups in total. The molecule has 2 atom stereocenters. The lowest BCUT2D eigenvalue weighted by Gasteiger charge is -2.24. The summed E-state index contributed by atoms with van der Waals surface area (Å²) in [5.74, 6) is 0.721. The Morgan fingerprint density at radius 3 is 2.87 bits per heavy atom. The predicted octanol–water partition coefficient (Wildman–Crippen LogP) is 3.48. The van der Waals surface area contributed by atoms with E-state index in [-0.39, 0.29) is 18.1 Å². The van der Waals surface area contributed by atoms with Crippen LogP contribution in [0.4, 0.5) is 13.2 Å². The van der Waals surface area contributed by atoms with Crippen LogP contribution < -0.4 is 14.8 Å². The number of carbonyl (C=O) groups excluding carboxylic acids is 1. The van der Waals surface area contributed by atoms with E-state index in [1.165, 1.54) is 18.3 Å². The number of aromatic nitrogens is 1. The average Bonchev–Trinajstić information content (AvgIpc) is 2.87. The van der Waals surface area contributed by atoms with Crippen molar-refractivity contribution in [1.29, 1.82) is 0 Å². The first kappa shape index (κ1) is 21.9. The van der Waals surface area contributed by atoms with Crippen LogP contribution in [0.25, 0.3) is 0 Å². The Kier molecular flexibility index (Phi) is 6.81. The molecular weight excluding hydrogens is 399 g/mol. The lowest BCUT2D eigenvalue weighted by atomic mass is 10.1. The van der Waals surface area contributed by atoms with Gasteiger partial charge in [0.25, 0.3) is 0 Å². The van der Waals surface area contributed by atoms with E-state index < -0.39 is 18.1 Å². The molecule has 3 rings (SSSR count). The number of methoxy groups -OCH3 is 1. The Bertz CT molecular complexity index is 862. The summed E-state index contributed by atoms with van der Waals surface area (Å²) in [5.41, 5.74) is 0.835. The third kappa shape index (κ3) is 5.63. The Balaban J connectivity index is 1.63. The average molecular weight is 423 g/mol. The standard InChI is InChI=1S/C21H24F3N3O3/c1-14-12-27(13-16-5-6-17(29-2)10-18(16)30-14)9-7-19(28)26-20(21(22,23)24)15-4-3-8-25-11-15/h3-6,8,10-11,14,20H,7,9,12-13H2,1-2H3,(H,26,28)/t14-,20-/m1/s1. The van der Waals surface area contributed by atoms with Crippen molar-refractivity contribution in [3.8, 4) is 11.5 Å². The second kappa shape index (κ2) is 9.34. The van der Waals surface area contributed by atoms with Gasteiger partial charge < -0.3 is 14.8 Å². The number of alkyl halides is 3. The first-order valence-electron chi connectivity index (χ1n) is 9.58. The monoisotopic (exact) mass is 423 g/mol. The molecule has 2 heterocycles. The molecule has 0 spiro atoms. The van der Waals surface area contributed by atoms with Gasteiger partial charge in [0.2, 0.25) is 5.91 Å². The fourth-order valence-electron chi connectivity index (χ4n) is 3.39. The zero-order chi connectivity index (χ0) is 21.7. The summed E-state index contributed by atoms with van der Waals surface area (Å²) in [7, 11) is 1.58. The van der Waals surface area contributed by atoms with E-state index in [2.05, 4.69) is 10.3 Å². The van der Waals surface area contributed by atoms with E-state index in [1.807, 2.05) is 30.0 Å². The smallest absolute Gasteiger partial charge is 0.412 e. The molecule has 2 aromatic rings. The third-order valence-corrected chi connectivity index (χ3v) is 4.82. The van der Waals surface area contributed by atoms with Crippen molar-refractivity contribution in [3.05, 3.63) is 53.9 Å². The number of pyridine rings is 1. The van der Waals surface area contributed by atoms with Crippen LogP contribution in [0.5, 0.6) is 11.5 Å². The number of carbonyl (C=O) groups is 1. The summed E-state index contributed by atoms with van der Waals surface area (Å²) in [6, 6.07) is 6.14. The molecule has 0 saturated heterocycles. The summed E-state index contributed by atoms with van der Waals surface area (Å²) in [4.78, 5) is 18.0. The van der Waals surface area contributed by atoms with E-state index in [9.17, 15) is 18.0 Å². The molecule has 1 aromatic heterocycles. The molecule has 30 heavy (non-hydrogen) atoms. The molecule has 0 bridgehead atoms. The van der Waals surface area contributed by atoms with Gasteiger partial charge in [-0.3, -0.25) is 14.7 Å². The molecule has 1 aliphatic rings. The second-order valence-corrected chi connectivity index (χ2v) is 7.22. The molecule has 1 aliphatic heterocycles. The molecule has 0 radical (unpaired) electrons. The zero-order valence-electron chi connectivity index (χ0n) is 16.8. The van der Waals surface area contributed by atoms with Crippen molar-refractivity contribution in [2.45, 2.75) is 38.2 Å².